The van der Waals surface area contributed by atoms with E-state index in [9.17, 15) is 14.7 Å². The van der Waals surface area contributed by atoms with E-state index < -0.39 is 17.5 Å². The number of carboxylic acids is 1. The molecule has 0 aliphatic heterocycles. The Morgan fingerprint density at radius 2 is 2.29 bits per heavy atom. The number of carbonyl (C=O) groups excluding carboxylic acids is 1. The molecule has 0 radical (unpaired) electrons. The highest BCUT2D eigenvalue weighted by Gasteiger charge is 2.29. The van der Waals surface area contributed by atoms with Crippen LogP contribution in [0.15, 0.2) is 23.6 Å². The van der Waals surface area contributed by atoms with Crippen molar-refractivity contribution in [1.82, 2.24) is 5.32 Å². The zero-order valence-electron chi connectivity index (χ0n) is 9.21. The third-order valence-corrected chi connectivity index (χ3v) is 2.85. The van der Waals surface area contributed by atoms with E-state index in [2.05, 4.69) is 5.32 Å². The average Bonchev–Trinajstić information content (AvgIpc) is 2.76. The molecular weight excluding hydrogens is 242 g/mol. The van der Waals surface area contributed by atoms with Crippen LogP contribution in [0.5, 0.6) is 0 Å². The maximum atomic E-state index is 11.3. The second-order valence-electron chi connectivity index (χ2n) is 3.65. The molecule has 92 valence electrons. The molecule has 0 aliphatic carbocycles. The van der Waals surface area contributed by atoms with Gasteiger partial charge in [-0.05, 0) is 24.4 Å². The van der Waals surface area contributed by atoms with Crippen LogP contribution in [0.1, 0.15) is 11.8 Å². The minimum absolute atomic E-state index is 0.337. The summed E-state index contributed by atoms with van der Waals surface area (Å²) in [6.07, 6.45) is 2.92. The van der Waals surface area contributed by atoms with Gasteiger partial charge in [0, 0.05) is 11.0 Å². The Morgan fingerprint density at radius 1 is 1.59 bits per heavy atom. The van der Waals surface area contributed by atoms with Gasteiger partial charge in [0.25, 0.3) is 0 Å². The first kappa shape index (κ1) is 13.4. The lowest BCUT2D eigenvalue weighted by molar-refractivity contribution is -0.156. The van der Waals surface area contributed by atoms with Crippen molar-refractivity contribution in [2.75, 3.05) is 6.54 Å². The first-order valence-electron chi connectivity index (χ1n) is 4.87. The van der Waals surface area contributed by atoms with Crippen molar-refractivity contribution in [1.29, 1.82) is 0 Å². The molecule has 1 aromatic rings. The van der Waals surface area contributed by atoms with Crippen LogP contribution in [0.2, 0.25) is 0 Å². The summed E-state index contributed by atoms with van der Waals surface area (Å²) < 4.78 is 0. The van der Waals surface area contributed by atoms with Gasteiger partial charge in [0.15, 0.2) is 5.60 Å². The van der Waals surface area contributed by atoms with Gasteiger partial charge in [-0.15, -0.1) is 11.3 Å². The quantitative estimate of drug-likeness (QED) is 0.676. The number of hydrogen-bond donors (Lipinski definition) is 3. The fourth-order valence-electron chi connectivity index (χ4n) is 0.938. The highest BCUT2D eigenvalue weighted by Crippen LogP contribution is 2.09. The molecule has 0 aromatic carbocycles. The lowest BCUT2D eigenvalue weighted by atomic mass is 10.1. The Morgan fingerprint density at radius 3 is 2.82 bits per heavy atom. The van der Waals surface area contributed by atoms with E-state index in [0.717, 1.165) is 11.8 Å². The zero-order valence-corrected chi connectivity index (χ0v) is 10.0. The summed E-state index contributed by atoms with van der Waals surface area (Å²) in [7, 11) is 0. The summed E-state index contributed by atoms with van der Waals surface area (Å²) >= 11 is 1.48. The molecule has 5 nitrogen and oxygen atoms in total. The van der Waals surface area contributed by atoms with Gasteiger partial charge in [0.1, 0.15) is 0 Å². The predicted octanol–water partition coefficient (Wildman–Crippen LogP) is 0.713. The van der Waals surface area contributed by atoms with Gasteiger partial charge in [0.2, 0.25) is 5.91 Å². The number of nitrogens with one attached hydrogen (secondary N) is 1. The molecule has 3 N–H and O–H groups in total. The number of carboxylic acid groups (broad SMARTS) is 1. The second kappa shape index (κ2) is 5.60. The van der Waals surface area contributed by atoms with Crippen LogP contribution < -0.4 is 5.32 Å². The topological polar surface area (TPSA) is 86.6 Å². The van der Waals surface area contributed by atoms with E-state index in [1.807, 2.05) is 17.5 Å². The van der Waals surface area contributed by atoms with Crippen molar-refractivity contribution in [2.24, 2.45) is 0 Å². The second-order valence-corrected chi connectivity index (χ2v) is 4.62. The van der Waals surface area contributed by atoms with Gasteiger partial charge in [-0.1, -0.05) is 6.07 Å². The van der Waals surface area contributed by atoms with E-state index in [1.54, 1.807) is 6.08 Å². The third-order valence-electron chi connectivity index (χ3n) is 2.01. The molecular formula is C11H13NO4S. The molecule has 0 fully saturated rings. The van der Waals surface area contributed by atoms with Gasteiger partial charge < -0.3 is 15.5 Å². The van der Waals surface area contributed by atoms with Crippen molar-refractivity contribution in [2.45, 2.75) is 12.5 Å². The van der Waals surface area contributed by atoms with Crippen LogP contribution in [0.3, 0.4) is 0 Å². The van der Waals surface area contributed by atoms with E-state index in [0.29, 0.717) is 0 Å². The van der Waals surface area contributed by atoms with Crippen LogP contribution in [0, 0.1) is 0 Å². The molecule has 0 spiro atoms. The Labute approximate surface area is 102 Å². The molecule has 0 saturated heterocycles. The summed E-state index contributed by atoms with van der Waals surface area (Å²) in [5.74, 6) is -1.82. The standard InChI is InChI=1S/C11H13NO4S/c1-11(16,10(14)15)7-12-9(13)5-4-8-3-2-6-17-8/h2-6,16H,7H2,1H3,(H,12,13)(H,14,15). The van der Waals surface area contributed by atoms with E-state index in [-0.39, 0.29) is 6.54 Å². The maximum Gasteiger partial charge on any atom is 0.337 e. The first-order chi connectivity index (χ1) is 7.92. The number of aliphatic hydroxyl groups is 1. The lowest BCUT2D eigenvalue weighted by Gasteiger charge is -2.17. The average molecular weight is 255 g/mol. The van der Waals surface area contributed by atoms with Gasteiger partial charge in [-0.25, -0.2) is 4.79 Å². The van der Waals surface area contributed by atoms with Crippen LogP contribution in [0.4, 0.5) is 0 Å². The van der Waals surface area contributed by atoms with Gasteiger partial charge in [0.05, 0.1) is 6.54 Å². The van der Waals surface area contributed by atoms with E-state index >= 15 is 0 Å². The lowest BCUT2D eigenvalue weighted by Crippen LogP contribution is -2.46. The Kier molecular flexibility index (Phi) is 4.42. The SMILES string of the molecule is CC(O)(CNC(=O)C=Cc1cccs1)C(=O)O. The smallest absolute Gasteiger partial charge is 0.337 e. The number of rotatable bonds is 5. The van der Waals surface area contributed by atoms with E-state index in [1.165, 1.54) is 17.4 Å². The minimum atomic E-state index is -1.95. The normalized spacial score (nSPS) is 14.5. The number of thiophene rings is 1. The molecule has 1 aromatic heterocycles. The fraction of sp³-hybridized carbons (Fsp3) is 0.273. The number of aliphatic carboxylic acids is 1. The molecule has 1 atom stereocenters. The molecule has 0 saturated carbocycles. The monoisotopic (exact) mass is 255 g/mol. The van der Waals surface area contributed by atoms with Crippen molar-refractivity contribution >= 4 is 29.3 Å². The summed E-state index contributed by atoms with van der Waals surface area (Å²) in [4.78, 5) is 22.8. The number of amides is 1. The predicted molar refractivity (Wildman–Crippen MR) is 64.6 cm³/mol. The van der Waals surface area contributed by atoms with Crippen LogP contribution in [0.25, 0.3) is 6.08 Å². The highest BCUT2D eigenvalue weighted by molar-refractivity contribution is 7.10. The van der Waals surface area contributed by atoms with Gasteiger partial charge >= 0.3 is 5.97 Å². The minimum Gasteiger partial charge on any atom is -0.479 e. The third kappa shape index (κ3) is 4.38. The number of carbonyl (C=O) groups is 2. The molecule has 17 heavy (non-hydrogen) atoms. The van der Waals surface area contributed by atoms with Gasteiger partial charge in [-0.2, -0.15) is 0 Å². The summed E-state index contributed by atoms with van der Waals surface area (Å²) in [6.45, 7) is 0.786. The van der Waals surface area contributed by atoms with Crippen LogP contribution >= 0.6 is 11.3 Å². The van der Waals surface area contributed by atoms with Gasteiger partial charge in [-0.3, -0.25) is 4.79 Å². The zero-order chi connectivity index (χ0) is 12.9. The Bertz CT molecular complexity index is 423. The van der Waals surface area contributed by atoms with Crippen molar-refractivity contribution in [3.05, 3.63) is 28.5 Å². The summed E-state index contributed by atoms with van der Waals surface area (Å²) in [5, 5.41) is 22.2. The van der Waals surface area contributed by atoms with Crippen LogP contribution in [-0.4, -0.2) is 34.2 Å². The van der Waals surface area contributed by atoms with E-state index in [4.69, 9.17) is 5.11 Å². The first-order valence-corrected chi connectivity index (χ1v) is 5.75. The molecule has 6 heteroatoms. The van der Waals surface area contributed by atoms with Crippen molar-refractivity contribution < 1.29 is 19.8 Å². The molecule has 1 amide bonds. The summed E-state index contributed by atoms with van der Waals surface area (Å²) in [5.41, 5.74) is -1.95. The molecule has 1 rings (SSSR count). The maximum absolute atomic E-state index is 11.3. The fourth-order valence-corrected chi connectivity index (χ4v) is 1.56. The molecule has 0 aliphatic rings. The highest BCUT2D eigenvalue weighted by atomic mass is 32.1. The molecule has 1 heterocycles. The van der Waals surface area contributed by atoms with Crippen LogP contribution in [-0.2, 0) is 9.59 Å². The Balaban J connectivity index is 2.43. The molecule has 1 unspecified atom stereocenters. The number of hydrogen-bond acceptors (Lipinski definition) is 4. The van der Waals surface area contributed by atoms with Crippen molar-refractivity contribution in [3.63, 3.8) is 0 Å². The summed E-state index contributed by atoms with van der Waals surface area (Å²) in [6, 6.07) is 3.71. The Hall–Kier alpha value is -1.66. The molecule has 0 bridgehead atoms. The van der Waals surface area contributed by atoms with Crippen molar-refractivity contribution in [3.8, 4) is 0 Å². The largest absolute Gasteiger partial charge is 0.479 e.